The molecule has 4 rings (SSSR count). The molecule has 0 aliphatic carbocycles. The second-order valence-electron chi connectivity index (χ2n) is 6.23. The number of anilines is 2. The van der Waals surface area contributed by atoms with Crippen LogP contribution >= 0.6 is 0 Å². The van der Waals surface area contributed by atoms with Crippen LogP contribution in [0.2, 0.25) is 0 Å². The highest BCUT2D eigenvalue weighted by atomic mass is 19.1. The Kier molecular flexibility index (Phi) is 4.19. The Morgan fingerprint density at radius 1 is 1.22 bits per heavy atom. The summed E-state index contributed by atoms with van der Waals surface area (Å²) >= 11 is 0. The van der Waals surface area contributed by atoms with Crippen LogP contribution in [0, 0.1) is 5.82 Å². The molecule has 1 N–H and O–H groups in total. The van der Waals surface area contributed by atoms with Gasteiger partial charge in [0.2, 0.25) is 11.8 Å². The number of fused-ring (bicyclic) bond motifs is 1. The van der Waals surface area contributed by atoms with Crippen LogP contribution in [-0.4, -0.2) is 32.5 Å². The van der Waals surface area contributed by atoms with E-state index in [1.54, 1.807) is 24.4 Å². The third kappa shape index (κ3) is 3.19. The van der Waals surface area contributed by atoms with Crippen LogP contribution in [0.3, 0.4) is 0 Å². The first-order chi connectivity index (χ1) is 13.0. The van der Waals surface area contributed by atoms with Gasteiger partial charge < -0.3 is 10.2 Å². The molecule has 0 spiro atoms. The summed E-state index contributed by atoms with van der Waals surface area (Å²) in [7, 11) is 0. The number of nitrogens with one attached hydrogen (secondary N) is 1. The lowest BCUT2D eigenvalue weighted by molar-refractivity contribution is -0.117. The first-order valence-electron chi connectivity index (χ1n) is 8.47. The summed E-state index contributed by atoms with van der Waals surface area (Å²) in [6, 6.07) is 9.13. The van der Waals surface area contributed by atoms with Crippen molar-refractivity contribution in [3.8, 4) is 0 Å². The van der Waals surface area contributed by atoms with E-state index in [1.165, 1.54) is 27.5 Å². The van der Waals surface area contributed by atoms with Gasteiger partial charge in [-0.05, 0) is 36.8 Å². The maximum atomic E-state index is 14.1. The van der Waals surface area contributed by atoms with E-state index in [9.17, 15) is 18.8 Å². The molecule has 1 saturated heterocycles. The van der Waals surface area contributed by atoms with Gasteiger partial charge >= 0.3 is 5.69 Å². The van der Waals surface area contributed by atoms with Crippen LogP contribution in [0.25, 0.3) is 5.65 Å². The molecule has 3 aromatic rings. The van der Waals surface area contributed by atoms with Crippen LogP contribution in [0.4, 0.5) is 15.8 Å². The number of halogens is 1. The van der Waals surface area contributed by atoms with Gasteiger partial charge in [-0.2, -0.15) is 0 Å². The van der Waals surface area contributed by atoms with Gasteiger partial charge in [-0.1, -0.05) is 6.07 Å². The molecular weight excluding hydrogens is 353 g/mol. The largest absolute Gasteiger partial charge is 0.350 e. The van der Waals surface area contributed by atoms with Crippen molar-refractivity contribution in [1.29, 1.82) is 0 Å². The van der Waals surface area contributed by atoms with E-state index < -0.39 is 17.4 Å². The SMILES string of the molecule is O=C(Cn1nc2ccccn2c1=O)Nc1ccc(F)c(N2CCCC2=O)c1. The summed E-state index contributed by atoms with van der Waals surface area (Å²) in [5, 5.41) is 6.71. The Bertz CT molecular complexity index is 1100. The van der Waals surface area contributed by atoms with Gasteiger partial charge in [0.15, 0.2) is 5.65 Å². The van der Waals surface area contributed by atoms with Crippen molar-refractivity contribution in [3.63, 3.8) is 0 Å². The molecule has 27 heavy (non-hydrogen) atoms. The molecule has 0 saturated carbocycles. The van der Waals surface area contributed by atoms with E-state index >= 15 is 0 Å². The summed E-state index contributed by atoms with van der Waals surface area (Å²) in [4.78, 5) is 37.7. The second kappa shape index (κ2) is 6.67. The Morgan fingerprint density at radius 3 is 2.81 bits per heavy atom. The molecule has 1 aromatic carbocycles. The highest BCUT2D eigenvalue weighted by molar-refractivity contribution is 5.97. The molecule has 0 bridgehead atoms. The number of hydrogen-bond acceptors (Lipinski definition) is 4. The third-order valence-corrected chi connectivity index (χ3v) is 4.38. The van der Waals surface area contributed by atoms with Gasteiger partial charge in [0, 0.05) is 24.8 Å². The van der Waals surface area contributed by atoms with Crippen LogP contribution in [0.15, 0.2) is 47.4 Å². The van der Waals surface area contributed by atoms with Crippen LogP contribution in [0.5, 0.6) is 0 Å². The summed E-state index contributed by atoms with van der Waals surface area (Å²) < 4.78 is 16.5. The van der Waals surface area contributed by atoms with E-state index in [2.05, 4.69) is 10.4 Å². The van der Waals surface area contributed by atoms with Crippen molar-refractivity contribution in [2.45, 2.75) is 19.4 Å². The maximum Gasteiger partial charge on any atom is 0.350 e. The molecule has 138 valence electrons. The highest BCUT2D eigenvalue weighted by Gasteiger charge is 2.24. The lowest BCUT2D eigenvalue weighted by Crippen LogP contribution is -2.28. The zero-order valence-corrected chi connectivity index (χ0v) is 14.3. The normalized spacial score (nSPS) is 14.1. The Labute approximate surface area is 152 Å². The molecular formula is C18H16FN5O3. The van der Waals surface area contributed by atoms with Crippen molar-refractivity contribution < 1.29 is 14.0 Å². The molecule has 0 atom stereocenters. The second-order valence-corrected chi connectivity index (χ2v) is 6.23. The minimum absolute atomic E-state index is 0.139. The van der Waals surface area contributed by atoms with Crippen molar-refractivity contribution in [3.05, 3.63) is 58.9 Å². The molecule has 1 aliphatic heterocycles. The van der Waals surface area contributed by atoms with Crippen LogP contribution < -0.4 is 15.9 Å². The van der Waals surface area contributed by atoms with Gasteiger partial charge in [0.05, 0.1) is 5.69 Å². The molecule has 2 amide bonds. The predicted octanol–water partition coefficient (Wildman–Crippen LogP) is 1.40. The van der Waals surface area contributed by atoms with E-state index in [-0.39, 0.29) is 18.1 Å². The van der Waals surface area contributed by atoms with E-state index in [1.807, 2.05) is 0 Å². The quantitative estimate of drug-likeness (QED) is 0.753. The molecule has 3 heterocycles. The van der Waals surface area contributed by atoms with Gasteiger partial charge in [0.25, 0.3) is 0 Å². The van der Waals surface area contributed by atoms with Crippen molar-refractivity contribution in [1.82, 2.24) is 14.2 Å². The molecule has 8 nitrogen and oxygen atoms in total. The Balaban J connectivity index is 1.53. The molecule has 1 aliphatic rings. The number of pyridine rings is 1. The Hall–Kier alpha value is -3.49. The van der Waals surface area contributed by atoms with E-state index in [4.69, 9.17) is 0 Å². The number of carbonyl (C=O) groups excluding carboxylic acids is 2. The smallest absolute Gasteiger partial charge is 0.324 e. The maximum absolute atomic E-state index is 14.1. The molecule has 0 unspecified atom stereocenters. The van der Waals surface area contributed by atoms with E-state index in [0.29, 0.717) is 30.7 Å². The lowest BCUT2D eigenvalue weighted by atomic mass is 10.2. The average Bonchev–Trinajstić information content (AvgIpc) is 3.21. The van der Waals surface area contributed by atoms with Gasteiger partial charge in [-0.15, -0.1) is 5.10 Å². The molecule has 0 radical (unpaired) electrons. The fourth-order valence-corrected chi connectivity index (χ4v) is 3.11. The summed E-state index contributed by atoms with van der Waals surface area (Å²) in [5.74, 6) is -1.15. The lowest BCUT2D eigenvalue weighted by Gasteiger charge is -2.17. The van der Waals surface area contributed by atoms with Crippen molar-refractivity contribution in [2.75, 3.05) is 16.8 Å². The summed E-state index contributed by atoms with van der Waals surface area (Å²) in [5.41, 5.74) is 0.489. The molecule has 1 fully saturated rings. The first-order valence-corrected chi connectivity index (χ1v) is 8.47. The zero-order chi connectivity index (χ0) is 19.0. The number of amides is 2. The third-order valence-electron chi connectivity index (χ3n) is 4.38. The van der Waals surface area contributed by atoms with Crippen LogP contribution in [-0.2, 0) is 16.1 Å². The molecule has 9 heteroatoms. The Morgan fingerprint density at radius 2 is 2.07 bits per heavy atom. The van der Waals surface area contributed by atoms with Crippen molar-refractivity contribution in [2.24, 2.45) is 0 Å². The number of carbonyl (C=O) groups is 2. The minimum Gasteiger partial charge on any atom is -0.324 e. The fourth-order valence-electron chi connectivity index (χ4n) is 3.11. The number of nitrogens with zero attached hydrogens (tertiary/aromatic N) is 4. The number of hydrogen-bond donors (Lipinski definition) is 1. The number of benzene rings is 1. The number of aromatic nitrogens is 3. The van der Waals surface area contributed by atoms with Gasteiger partial charge in [-0.25, -0.2) is 13.9 Å². The fraction of sp³-hybridized carbons (Fsp3) is 0.222. The minimum atomic E-state index is -0.528. The van der Waals surface area contributed by atoms with Gasteiger partial charge in [0.1, 0.15) is 12.4 Å². The van der Waals surface area contributed by atoms with Crippen LogP contribution in [0.1, 0.15) is 12.8 Å². The van der Waals surface area contributed by atoms with Crippen molar-refractivity contribution >= 4 is 28.8 Å². The first kappa shape index (κ1) is 17.0. The summed E-state index contributed by atoms with van der Waals surface area (Å²) in [6.45, 7) is 0.166. The highest BCUT2D eigenvalue weighted by Crippen LogP contribution is 2.27. The summed E-state index contributed by atoms with van der Waals surface area (Å²) in [6.07, 6.45) is 2.62. The topological polar surface area (TPSA) is 88.7 Å². The molecule has 2 aromatic heterocycles. The zero-order valence-electron chi connectivity index (χ0n) is 14.3. The average molecular weight is 369 g/mol. The monoisotopic (exact) mass is 369 g/mol. The van der Waals surface area contributed by atoms with E-state index in [0.717, 1.165) is 4.68 Å². The number of rotatable bonds is 4. The standard InChI is InChI=1S/C18H16FN5O3/c19-13-7-6-12(10-14(13)22-9-3-5-17(22)26)20-16(25)11-24-18(27)23-8-2-1-4-15(23)21-24/h1-2,4,6-8,10H,3,5,9,11H2,(H,20,25). The van der Waals surface area contributed by atoms with Gasteiger partial charge in [-0.3, -0.25) is 14.0 Å². The predicted molar refractivity (Wildman–Crippen MR) is 96.1 cm³/mol.